The Bertz CT molecular complexity index is 326. The number of amides is 2. The lowest BCUT2D eigenvalue weighted by molar-refractivity contribution is -0.139. The van der Waals surface area contributed by atoms with E-state index in [1.165, 1.54) is 0 Å². The molecule has 6 heteroatoms. The summed E-state index contributed by atoms with van der Waals surface area (Å²) in [5.74, 6) is -0.978. The first-order valence-corrected chi connectivity index (χ1v) is 7.54. The largest absolute Gasteiger partial charge is 0.480 e. The van der Waals surface area contributed by atoms with E-state index in [-0.39, 0.29) is 12.1 Å². The minimum absolute atomic E-state index is 0.281. The Morgan fingerprint density at radius 1 is 1.30 bits per heavy atom. The number of hydrogen-bond donors (Lipinski definition) is 3. The van der Waals surface area contributed by atoms with Gasteiger partial charge in [-0.3, -0.25) is 5.43 Å². The molecule has 1 heterocycles. The Labute approximate surface area is 120 Å². The topological polar surface area (TPSA) is 81.7 Å². The molecule has 0 radical (unpaired) electrons. The van der Waals surface area contributed by atoms with Gasteiger partial charge in [-0.1, -0.05) is 26.2 Å². The van der Waals surface area contributed by atoms with Crippen LogP contribution in [-0.2, 0) is 4.79 Å². The molecule has 3 N–H and O–H groups in total. The summed E-state index contributed by atoms with van der Waals surface area (Å²) >= 11 is 0. The highest BCUT2D eigenvalue weighted by atomic mass is 16.4. The molecule has 0 aromatic heterocycles. The fourth-order valence-corrected chi connectivity index (χ4v) is 2.62. The van der Waals surface area contributed by atoms with Gasteiger partial charge in [-0.15, -0.1) is 0 Å². The summed E-state index contributed by atoms with van der Waals surface area (Å²) in [5, 5.41) is 13.6. The monoisotopic (exact) mass is 285 g/mol. The average molecular weight is 285 g/mol. The fraction of sp³-hybridized carbons (Fsp3) is 0.857. The quantitative estimate of drug-likeness (QED) is 0.698. The van der Waals surface area contributed by atoms with Crippen LogP contribution in [0.1, 0.15) is 59.3 Å². The zero-order valence-corrected chi connectivity index (χ0v) is 12.7. The number of carbonyl (C=O) groups is 2. The molecule has 20 heavy (non-hydrogen) atoms. The van der Waals surface area contributed by atoms with Gasteiger partial charge in [0.2, 0.25) is 0 Å². The molecule has 0 saturated carbocycles. The molecule has 1 saturated heterocycles. The molecule has 0 bridgehead atoms. The summed E-state index contributed by atoms with van der Waals surface area (Å²) in [5.41, 5.74) is 2.80. The maximum absolute atomic E-state index is 12.0. The lowest BCUT2D eigenvalue weighted by Gasteiger charge is -2.38. The first-order chi connectivity index (χ1) is 9.45. The van der Waals surface area contributed by atoms with Gasteiger partial charge >= 0.3 is 12.0 Å². The molecule has 6 nitrogen and oxygen atoms in total. The van der Waals surface area contributed by atoms with Crippen molar-refractivity contribution in [2.75, 3.05) is 0 Å². The highest BCUT2D eigenvalue weighted by Crippen LogP contribution is 2.20. The van der Waals surface area contributed by atoms with Crippen molar-refractivity contribution in [3.05, 3.63) is 0 Å². The van der Waals surface area contributed by atoms with Gasteiger partial charge in [0, 0.05) is 12.1 Å². The van der Waals surface area contributed by atoms with Crippen LogP contribution in [0.15, 0.2) is 0 Å². The summed E-state index contributed by atoms with van der Waals surface area (Å²) < 4.78 is 0. The number of carboxylic acid groups (broad SMARTS) is 1. The van der Waals surface area contributed by atoms with Crippen LogP contribution in [-0.4, -0.2) is 40.2 Å². The lowest BCUT2D eigenvalue weighted by Crippen LogP contribution is -2.58. The summed E-state index contributed by atoms with van der Waals surface area (Å²) in [6.45, 7) is 6.14. The number of carboxylic acids is 1. The normalized spacial score (nSPS) is 24.9. The Balaban J connectivity index is 2.49. The highest BCUT2D eigenvalue weighted by molar-refractivity contribution is 5.82. The molecular formula is C14H27N3O3. The number of carbonyl (C=O) groups excluding carboxylic acids is 1. The molecule has 116 valence electrons. The van der Waals surface area contributed by atoms with Crippen LogP contribution in [0.4, 0.5) is 4.79 Å². The van der Waals surface area contributed by atoms with E-state index in [0.717, 1.165) is 32.1 Å². The smallest absolute Gasteiger partial charge is 0.330 e. The predicted molar refractivity (Wildman–Crippen MR) is 77.2 cm³/mol. The zero-order chi connectivity index (χ0) is 15.1. The van der Waals surface area contributed by atoms with Crippen LogP contribution in [0, 0.1) is 0 Å². The molecule has 0 aliphatic carbocycles. The summed E-state index contributed by atoms with van der Waals surface area (Å²) in [7, 11) is 0. The molecule has 1 aliphatic rings. The van der Waals surface area contributed by atoms with Gasteiger partial charge < -0.3 is 10.4 Å². The van der Waals surface area contributed by atoms with Crippen LogP contribution in [0.2, 0.25) is 0 Å². The minimum Gasteiger partial charge on any atom is -0.480 e. The number of urea groups is 1. The van der Waals surface area contributed by atoms with E-state index in [9.17, 15) is 9.59 Å². The Morgan fingerprint density at radius 3 is 2.40 bits per heavy atom. The summed E-state index contributed by atoms with van der Waals surface area (Å²) in [6.07, 6.45) is 5.41. The Kier molecular flexibility index (Phi) is 6.78. The third-order valence-corrected chi connectivity index (χ3v) is 3.87. The molecule has 1 aliphatic heterocycles. The van der Waals surface area contributed by atoms with Gasteiger partial charge in [0.25, 0.3) is 0 Å². The molecule has 3 atom stereocenters. The van der Waals surface area contributed by atoms with Crippen LogP contribution in [0.5, 0.6) is 0 Å². The van der Waals surface area contributed by atoms with Gasteiger partial charge in [0.1, 0.15) is 6.04 Å². The second-order valence-corrected chi connectivity index (χ2v) is 5.65. The first kappa shape index (κ1) is 16.8. The second-order valence-electron chi connectivity index (χ2n) is 5.65. The van der Waals surface area contributed by atoms with Gasteiger partial charge in [-0.25, -0.2) is 14.6 Å². The van der Waals surface area contributed by atoms with E-state index in [2.05, 4.69) is 24.6 Å². The number of hydrogen-bond acceptors (Lipinski definition) is 3. The van der Waals surface area contributed by atoms with Gasteiger partial charge in [-0.05, 0) is 33.1 Å². The maximum atomic E-state index is 12.0. The number of hydrazine groups is 1. The van der Waals surface area contributed by atoms with Crippen molar-refractivity contribution in [3.8, 4) is 0 Å². The van der Waals surface area contributed by atoms with Crippen LogP contribution in [0.3, 0.4) is 0 Å². The SMILES string of the molecule is CCCC[C@H](NC(=O)NN1C(C)CCCC1C)C(=O)O. The molecule has 2 amide bonds. The van der Waals surface area contributed by atoms with E-state index in [1.54, 1.807) is 0 Å². The second kappa shape index (κ2) is 8.09. The van der Waals surface area contributed by atoms with Gasteiger partial charge in [-0.2, -0.15) is 0 Å². The molecule has 1 fully saturated rings. The number of piperidine rings is 1. The molecule has 1 rings (SSSR count). The molecule has 0 aromatic rings. The van der Waals surface area contributed by atoms with Crippen LogP contribution in [0.25, 0.3) is 0 Å². The highest BCUT2D eigenvalue weighted by Gasteiger charge is 2.27. The number of aliphatic carboxylic acids is 1. The molecular weight excluding hydrogens is 258 g/mol. The van der Waals surface area contributed by atoms with Crippen molar-refractivity contribution in [3.63, 3.8) is 0 Å². The number of rotatable bonds is 6. The minimum atomic E-state index is -0.978. The molecule has 0 spiro atoms. The summed E-state index contributed by atoms with van der Waals surface area (Å²) in [4.78, 5) is 23.1. The zero-order valence-electron chi connectivity index (χ0n) is 12.7. The van der Waals surface area contributed by atoms with Crippen molar-refractivity contribution in [1.82, 2.24) is 15.8 Å². The van der Waals surface area contributed by atoms with E-state index in [0.29, 0.717) is 6.42 Å². The van der Waals surface area contributed by atoms with Gasteiger partial charge in [0.05, 0.1) is 0 Å². The number of unbranched alkanes of at least 4 members (excludes halogenated alkanes) is 1. The molecule has 2 unspecified atom stereocenters. The van der Waals surface area contributed by atoms with Crippen LogP contribution >= 0.6 is 0 Å². The van der Waals surface area contributed by atoms with Crippen LogP contribution < -0.4 is 10.7 Å². The standard InChI is InChI=1S/C14H27N3O3/c1-4-5-9-12(13(18)19)15-14(20)16-17-10(2)7-6-8-11(17)3/h10-12H,4-9H2,1-3H3,(H,18,19)(H2,15,16,20)/t10?,11?,12-/m0/s1. The third-order valence-electron chi connectivity index (χ3n) is 3.87. The first-order valence-electron chi connectivity index (χ1n) is 7.54. The third kappa shape index (κ3) is 5.00. The Morgan fingerprint density at radius 2 is 1.90 bits per heavy atom. The average Bonchev–Trinajstić information content (AvgIpc) is 2.38. The number of nitrogens with one attached hydrogen (secondary N) is 2. The van der Waals surface area contributed by atoms with E-state index < -0.39 is 18.0 Å². The van der Waals surface area contributed by atoms with E-state index in [1.807, 2.05) is 11.9 Å². The van der Waals surface area contributed by atoms with E-state index >= 15 is 0 Å². The molecule has 0 aromatic carbocycles. The lowest BCUT2D eigenvalue weighted by atomic mass is 10.00. The predicted octanol–water partition coefficient (Wildman–Crippen LogP) is 2.11. The fourth-order valence-electron chi connectivity index (χ4n) is 2.62. The van der Waals surface area contributed by atoms with Crippen molar-refractivity contribution in [2.24, 2.45) is 0 Å². The van der Waals surface area contributed by atoms with E-state index in [4.69, 9.17) is 5.11 Å². The van der Waals surface area contributed by atoms with Crippen molar-refractivity contribution in [1.29, 1.82) is 0 Å². The number of nitrogens with zero attached hydrogens (tertiary/aromatic N) is 1. The van der Waals surface area contributed by atoms with Gasteiger partial charge in [0.15, 0.2) is 0 Å². The van der Waals surface area contributed by atoms with Crippen molar-refractivity contribution >= 4 is 12.0 Å². The van der Waals surface area contributed by atoms with Crippen molar-refractivity contribution in [2.45, 2.75) is 77.4 Å². The Hall–Kier alpha value is -1.30. The summed E-state index contributed by atoms with van der Waals surface area (Å²) in [6, 6.07) is -0.675. The van der Waals surface area contributed by atoms with Crippen molar-refractivity contribution < 1.29 is 14.7 Å². The maximum Gasteiger partial charge on any atom is 0.330 e.